The number of hydrogen-bond donors (Lipinski definition) is 1. The van der Waals surface area contributed by atoms with Crippen LogP contribution in [0.2, 0.25) is 0 Å². The first-order chi connectivity index (χ1) is 20.1. The van der Waals surface area contributed by atoms with Gasteiger partial charge in [-0.2, -0.15) is 0 Å². The number of unbranched alkanes of at least 4 members (excludes halogenated alkanes) is 1. The van der Waals surface area contributed by atoms with Crippen molar-refractivity contribution in [1.29, 1.82) is 0 Å². The lowest BCUT2D eigenvalue weighted by molar-refractivity contribution is -0.870. The van der Waals surface area contributed by atoms with E-state index in [-0.39, 0.29) is 31.8 Å². The number of aliphatic carboxylic acids is 1. The maximum absolute atomic E-state index is 13.8. The maximum Gasteiger partial charge on any atom is 0.308 e. The number of carbonyl (C=O) groups excluding carboxylic acids is 1. The molecule has 10 heteroatoms. The molecule has 42 heavy (non-hydrogen) atoms. The van der Waals surface area contributed by atoms with E-state index in [1.807, 2.05) is 40.1 Å². The van der Waals surface area contributed by atoms with Crippen LogP contribution in [0.3, 0.4) is 0 Å². The average Bonchev–Trinajstić information content (AvgIpc) is 3.57. The monoisotopic (exact) mass is 584 g/mol. The summed E-state index contributed by atoms with van der Waals surface area (Å²) in [6, 6.07) is 12.4. The molecule has 2 aromatic carbocycles. The average molecular weight is 585 g/mol. The number of carbonyl (C=O) groups is 2. The van der Waals surface area contributed by atoms with Gasteiger partial charge in [0, 0.05) is 32.0 Å². The van der Waals surface area contributed by atoms with E-state index in [2.05, 4.69) is 28.1 Å². The van der Waals surface area contributed by atoms with Crippen molar-refractivity contribution in [2.75, 3.05) is 74.4 Å². The lowest BCUT2D eigenvalue weighted by Gasteiger charge is -2.30. The van der Waals surface area contributed by atoms with Crippen LogP contribution in [0, 0.1) is 5.92 Å². The highest BCUT2D eigenvalue weighted by Crippen LogP contribution is 2.42. The number of benzene rings is 2. The van der Waals surface area contributed by atoms with E-state index in [1.54, 1.807) is 19.2 Å². The Hall–Kier alpha value is -3.50. The van der Waals surface area contributed by atoms with Crippen LogP contribution >= 0.6 is 0 Å². The molecular formula is C32H46N3O7+. The molecule has 1 saturated heterocycles. The first kappa shape index (κ1) is 31.4. The van der Waals surface area contributed by atoms with Crippen LogP contribution in [-0.4, -0.2) is 112 Å². The van der Waals surface area contributed by atoms with Crippen molar-refractivity contribution in [1.82, 2.24) is 9.80 Å². The summed E-state index contributed by atoms with van der Waals surface area (Å²) in [7, 11) is 8.02. The summed E-state index contributed by atoms with van der Waals surface area (Å²) in [5.74, 6) is 0.290. The molecule has 0 bridgehead atoms. The van der Waals surface area contributed by atoms with Gasteiger partial charge in [0.15, 0.2) is 23.0 Å². The Labute approximate surface area is 249 Å². The van der Waals surface area contributed by atoms with E-state index in [0.717, 1.165) is 35.9 Å². The Balaban J connectivity index is 1.59. The fourth-order valence-corrected chi connectivity index (χ4v) is 5.81. The second-order valence-corrected chi connectivity index (χ2v) is 12.1. The minimum absolute atomic E-state index is 0.0163. The normalized spacial score (nSPS) is 20.0. The first-order valence-electron chi connectivity index (χ1n) is 14.8. The van der Waals surface area contributed by atoms with Gasteiger partial charge in [-0.05, 0) is 36.2 Å². The predicted octanol–water partition coefficient (Wildman–Crippen LogP) is 3.70. The number of fused-ring (bicyclic) bond motifs is 1. The third-order valence-corrected chi connectivity index (χ3v) is 8.07. The Morgan fingerprint density at radius 2 is 1.76 bits per heavy atom. The number of rotatable bonds is 15. The lowest BCUT2D eigenvalue weighted by atomic mass is 9.85. The van der Waals surface area contributed by atoms with Crippen molar-refractivity contribution >= 4 is 11.9 Å². The molecule has 0 radical (unpaired) electrons. The molecule has 2 aliphatic heterocycles. The standard InChI is InChI=1S/C32H45N3O7/c1-6-7-15-33(16-10-17-35(2,3)4)30(36)20-34-19-24(23-13-14-28-29(18-23)42-22-41-28)31(32(37)38)25(34)21-40-27-12-9-8-11-26(27)39-5/h8-9,11-14,18,24-25,31H,6-7,10,15-17,19-22H2,1-5H3/p+1. The molecule has 4 rings (SSSR count). The molecule has 3 atom stereocenters. The summed E-state index contributed by atoms with van der Waals surface area (Å²) in [5, 5.41) is 10.5. The van der Waals surface area contributed by atoms with Gasteiger partial charge in [0.05, 0.1) is 53.3 Å². The van der Waals surface area contributed by atoms with Crippen LogP contribution in [-0.2, 0) is 9.59 Å². The molecule has 230 valence electrons. The van der Waals surface area contributed by atoms with Gasteiger partial charge in [0.1, 0.15) is 6.61 Å². The minimum atomic E-state index is -0.924. The molecular weight excluding hydrogens is 538 g/mol. The molecule has 2 aliphatic rings. The second kappa shape index (κ2) is 14.1. The molecule has 2 heterocycles. The quantitative estimate of drug-likeness (QED) is 0.317. The molecule has 2 aromatic rings. The van der Waals surface area contributed by atoms with E-state index < -0.39 is 17.9 Å². The lowest BCUT2D eigenvalue weighted by Crippen LogP contribution is -2.47. The van der Waals surface area contributed by atoms with Crippen LogP contribution < -0.4 is 18.9 Å². The molecule has 0 aliphatic carbocycles. The van der Waals surface area contributed by atoms with Gasteiger partial charge in [-0.3, -0.25) is 14.5 Å². The van der Waals surface area contributed by atoms with Gasteiger partial charge in [0.25, 0.3) is 0 Å². The van der Waals surface area contributed by atoms with Crippen LogP contribution in [0.25, 0.3) is 0 Å². The van der Waals surface area contributed by atoms with E-state index in [9.17, 15) is 14.7 Å². The number of quaternary nitrogens is 1. The highest BCUT2D eigenvalue weighted by Gasteiger charge is 2.48. The number of carboxylic acid groups (broad SMARTS) is 1. The van der Waals surface area contributed by atoms with Crippen molar-refractivity contribution in [3.8, 4) is 23.0 Å². The summed E-state index contributed by atoms with van der Waals surface area (Å²) < 4.78 is 23.5. The zero-order valence-corrected chi connectivity index (χ0v) is 25.6. The summed E-state index contributed by atoms with van der Waals surface area (Å²) in [4.78, 5) is 30.6. The molecule has 0 saturated carbocycles. The van der Waals surface area contributed by atoms with Crippen LogP contribution in [0.1, 0.15) is 37.7 Å². The zero-order chi connectivity index (χ0) is 30.3. The number of amides is 1. The van der Waals surface area contributed by atoms with Crippen molar-refractivity contribution < 1.29 is 38.1 Å². The molecule has 0 aromatic heterocycles. The molecule has 10 nitrogen and oxygen atoms in total. The predicted molar refractivity (Wildman–Crippen MR) is 159 cm³/mol. The van der Waals surface area contributed by atoms with Crippen molar-refractivity contribution in [3.05, 3.63) is 48.0 Å². The first-order valence-corrected chi connectivity index (χ1v) is 14.8. The summed E-state index contributed by atoms with van der Waals surface area (Å²) >= 11 is 0. The minimum Gasteiger partial charge on any atom is -0.493 e. The van der Waals surface area contributed by atoms with Gasteiger partial charge >= 0.3 is 5.97 Å². The summed E-state index contributed by atoms with van der Waals surface area (Å²) in [5.41, 5.74) is 0.842. The third kappa shape index (κ3) is 7.86. The van der Waals surface area contributed by atoms with Crippen LogP contribution in [0.5, 0.6) is 23.0 Å². The SMILES string of the molecule is CCCCN(CCC[N+](C)(C)C)C(=O)CN1CC(c2ccc3c(c2)OCO3)C(C(=O)O)C1COc1ccccc1OC. The number of hydrogen-bond acceptors (Lipinski definition) is 7. The smallest absolute Gasteiger partial charge is 0.308 e. The molecule has 1 fully saturated rings. The Bertz CT molecular complexity index is 1210. The van der Waals surface area contributed by atoms with Gasteiger partial charge in [-0.15, -0.1) is 0 Å². The van der Waals surface area contributed by atoms with Crippen molar-refractivity contribution in [2.45, 2.75) is 38.1 Å². The van der Waals surface area contributed by atoms with Crippen LogP contribution in [0.15, 0.2) is 42.5 Å². The second-order valence-electron chi connectivity index (χ2n) is 12.1. The largest absolute Gasteiger partial charge is 0.493 e. The van der Waals surface area contributed by atoms with Crippen LogP contribution in [0.4, 0.5) is 0 Å². The third-order valence-electron chi connectivity index (χ3n) is 8.07. The molecule has 3 unspecified atom stereocenters. The highest BCUT2D eigenvalue weighted by atomic mass is 16.7. The Kier molecular flexibility index (Phi) is 10.6. The zero-order valence-electron chi connectivity index (χ0n) is 25.6. The van der Waals surface area contributed by atoms with Gasteiger partial charge in [-0.1, -0.05) is 31.5 Å². The fourth-order valence-electron chi connectivity index (χ4n) is 5.81. The number of likely N-dealkylation sites (tertiary alicyclic amines) is 1. The Morgan fingerprint density at radius 3 is 2.45 bits per heavy atom. The fraction of sp³-hybridized carbons (Fsp3) is 0.562. The topological polar surface area (TPSA) is 97.8 Å². The van der Waals surface area contributed by atoms with Gasteiger partial charge in [0.2, 0.25) is 12.7 Å². The van der Waals surface area contributed by atoms with E-state index in [1.165, 1.54) is 0 Å². The highest BCUT2D eigenvalue weighted by molar-refractivity contribution is 5.79. The molecule has 1 N–H and O–H groups in total. The van der Waals surface area contributed by atoms with Gasteiger partial charge in [-0.25, -0.2) is 0 Å². The number of ether oxygens (including phenoxy) is 4. The number of para-hydroxylation sites is 2. The van der Waals surface area contributed by atoms with Gasteiger partial charge < -0.3 is 33.4 Å². The van der Waals surface area contributed by atoms with E-state index >= 15 is 0 Å². The number of methoxy groups -OCH3 is 1. The van der Waals surface area contributed by atoms with Crippen molar-refractivity contribution in [3.63, 3.8) is 0 Å². The van der Waals surface area contributed by atoms with E-state index in [0.29, 0.717) is 42.6 Å². The Morgan fingerprint density at radius 1 is 1.05 bits per heavy atom. The van der Waals surface area contributed by atoms with E-state index in [4.69, 9.17) is 18.9 Å². The number of nitrogens with zero attached hydrogens (tertiary/aromatic N) is 3. The molecule has 1 amide bonds. The maximum atomic E-state index is 13.8. The number of carboxylic acids is 1. The summed E-state index contributed by atoms with van der Waals surface area (Å²) in [6.45, 7) is 5.22. The summed E-state index contributed by atoms with van der Waals surface area (Å²) in [6.07, 6.45) is 2.82. The molecule has 0 spiro atoms. The van der Waals surface area contributed by atoms with Crippen molar-refractivity contribution in [2.24, 2.45) is 5.92 Å².